The predicted molar refractivity (Wildman–Crippen MR) is 121 cm³/mol. The molecule has 2 N–H and O–H groups in total. The van der Waals surface area contributed by atoms with Crippen molar-refractivity contribution in [2.45, 2.75) is 37.5 Å². The number of fused-ring (bicyclic) bond motifs is 2. The first-order chi connectivity index (χ1) is 12.5. The number of allylic oxidation sites excluding steroid dienone is 3. The SMILES string of the molecule is C=C1CC(=C)c2cc(C(N)(S)c3ccc4c(c3)C(C)(C)C(C)C4=C)ccc21. The maximum atomic E-state index is 6.78. The second-order valence-corrected chi connectivity index (χ2v) is 9.35. The average Bonchev–Trinajstić information content (AvgIpc) is 3.01. The molecular formula is C25H27NS. The molecule has 0 amide bonds. The Hall–Kier alpha value is -2.03. The Labute approximate surface area is 168 Å². The summed E-state index contributed by atoms with van der Waals surface area (Å²) in [5.41, 5.74) is 17.1. The smallest absolute Gasteiger partial charge is 0.111 e. The lowest BCUT2D eigenvalue weighted by atomic mass is 9.78. The molecule has 0 spiro atoms. The van der Waals surface area contributed by atoms with Gasteiger partial charge < -0.3 is 5.73 Å². The van der Waals surface area contributed by atoms with Crippen LogP contribution < -0.4 is 5.73 Å². The molecule has 0 bridgehead atoms. The predicted octanol–water partition coefficient (Wildman–Crippen LogP) is 6.15. The van der Waals surface area contributed by atoms with Gasteiger partial charge in [0, 0.05) is 0 Å². The van der Waals surface area contributed by atoms with Crippen molar-refractivity contribution in [1.29, 1.82) is 0 Å². The third kappa shape index (κ3) is 2.50. The summed E-state index contributed by atoms with van der Waals surface area (Å²) >= 11 is 4.90. The molecule has 2 atom stereocenters. The summed E-state index contributed by atoms with van der Waals surface area (Å²) in [6.07, 6.45) is 0.829. The summed E-state index contributed by atoms with van der Waals surface area (Å²) in [7, 11) is 0. The van der Waals surface area contributed by atoms with Crippen molar-refractivity contribution in [3.8, 4) is 0 Å². The Morgan fingerprint density at radius 3 is 2.19 bits per heavy atom. The zero-order valence-corrected chi connectivity index (χ0v) is 17.3. The molecule has 0 saturated heterocycles. The molecular weight excluding hydrogens is 346 g/mol. The lowest BCUT2D eigenvalue weighted by molar-refractivity contribution is 0.441. The minimum absolute atomic E-state index is 0.0379. The van der Waals surface area contributed by atoms with E-state index in [-0.39, 0.29) is 5.41 Å². The standard InChI is InChI=1S/C25H27NS/c1-14-11-15(2)22-12-18(7-9-20(14)22)25(26,27)19-8-10-21-16(3)17(4)24(5,6)23(21)13-19/h7-10,12-13,17,27H,1-3,11,26H2,4-6H3. The quantitative estimate of drug-likeness (QED) is 0.479. The lowest BCUT2D eigenvalue weighted by Gasteiger charge is -2.29. The van der Waals surface area contributed by atoms with Crippen LogP contribution in [-0.2, 0) is 10.3 Å². The summed E-state index contributed by atoms with van der Waals surface area (Å²) in [5.74, 6) is 0.407. The van der Waals surface area contributed by atoms with Gasteiger partial charge in [-0.1, -0.05) is 70.8 Å². The first-order valence-corrected chi connectivity index (χ1v) is 9.86. The van der Waals surface area contributed by atoms with Gasteiger partial charge in [0.25, 0.3) is 0 Å². The molecule has 27 heavy (non-hydrogen) atoms. The fourth-order valence-corrected chi connectivity index (χ4v) is 4.77. The lowest BCUT2D eigenvalue weighted by Crippen LogP contribution is -2.32. The third-order valence-corrected chi connectivity index (χ3v) is 7.27. The molecule has 0 saturated carbocycles. The summed E-state index contributed by atoms with van der Waals surface area (Å²) < 4.78 is 0. The van der Waals surface area contributed by atoms with Gasteiger partial charge in [0.1, 0.15) is 4.87 Å². The van der Waals surface area contributed by atoms with Crippen molar-refractivity contribution in [3.63, 3.8) is 0 Å². The van der Waals surface area contributed by atoms with E-state index in [2.05, 4.69) is 76.9 Å². The van der Waals surface area contributed by atoms with Crippen molar-refractivity contribution < 1.29 is 0 Å². The topological polar surface area (TPSA) is 26.0 Å². The molecule has 2 aliphatic carbocycles. The highest BCUT2D eigenvalue weighted by atomic mass is 32.1. The van der Waals surface area contributed by atoms with Gasteiger partial charge in [0.2, 0.25) is 0 Å². The highest BCUT2D eigenvalue weighted by Gasteiger charge is 2.40. The largest absolute Gasteiger partial charge is 0.309 e. The molecule has 2 aromatic rings. The van der Waals surface area contributed by atoms with Gasteiger partial charge in [0.05, 0.1) is 0 Å². The second kappa shape index (κ2) is 5.73. The van der Waals surface area contributed by atoms with Gasteiger partial charge in [-0.2, -0.15) is 0 Å². The molecule has 0 fully saturated rings. The van der Waals surface area contributed by atoms with Crippen LogP contribution in [0.15, 0.2) is 56.1 Å². The minimum atomic E-state index is -0.877. The van der Waals surface area contributed by atoms with Crippen molar-refractivity contribution >= 4 is 29.3 Å². The van der Waals surface area contributed by atoms with Crippen LogP contribution in [-0.4, -0.2) is 0 Å². The minimum Gasteiger partial charge on any atom is -0.309 e. The number of nitrogens with two attached hydrogens (primary N) is 1. The molecule has 2 aromatic carbocycles. The van der Waals surface area contributed by atoms with Gasteiger partial charge in [-0.05, 0) is 73.9 Å². The first kappa shape index (κ1) is 18.3. The Morgan fingerprint density at radius 1 is 0.963 bits per heavy atom. The molecule has 2 unspecified atom stereocenters. The molecule has 1 nitrogen and oxygen atoms in total. The van der Waals surface area contributed by atoms with E-state index in [0.717, 1.165) is 34.3 Å². The maximum Gasteiger partial charge on any atom is 0.111 e. The van der Waals surface area contributed by atoms with Gasteiger partial charge in [-0.25, -0.2) is 0 Å². The van der Waals surface area contributed by atoms with E-state index in [1.54, 1.807) is 0 Å². The Morgan fingerprint density at radius 2 is 1.52 bits per heavy atom. The van der Waals surface area contributed by atoms with Crippen molar-refractivity contribution in [2.75, 3.05) is 0 Å². The van der Waals surface area contributed by atoms with E-state index in [1.165, 1.54) is 22.3 Å². The maximum absolute atomic E-state index is 6.78. The molecule has 0 aliphatic heterocycles. The van der Waals surface area contributed by atoms with Crippen LogP contribution in [0.3, 0.4) is 0 Å². The van der Waals surface area contributed by atoms with Crippen molar-refractivity contribution in [1.82, 2.24) is 0 Å². The third-order valence-electron chi connectivity index (χ3n) is 6.75. The Kier molecular flexibility index (Phi) is 3.89. The van der Waals surface area contributed by atoms with Crippen molar-refractivity contribution in [3.05, 3.63) is 89.5 Å². The summed E-state index contributed by atoms with van der Waals surface area (Å²) in [6, 6.07) is 12.8. The van der Waals surface area contributed by atoms with Crippen LogP contribution in [0.2, 0.25) is 0 Å². The van der Waals surface area contributed by atoms with Crippen LogP contribution in [0.4, 0.5) is 0 Å². The highest BCUT2D eigenvalue weighted by molar-refractivity contribution is 7.81. The zero-order chi connectivity index (χ0) is 19.7. The molecule has 0 heterocycles. The zero-order valence-electron chi connectivity index (χ0n) is 16.4. The van der Waals surface area contributed by atoms with Gasteiger partial charge >= 0.3 is 0 Å². The number of benzene rings is 2. The van der Waals surface area contributed by atoms with Crippen LogP contribution in [0, 0.1) is 5.92 Å². The van der Waals surface area contributed by atoms with E-state index in [0.29, 0.717) is 5.92 Å². The van der Waals surface area contributed by atoms with E-state index < -0.39 is 4.87 Å². The molecule has 0 radical (unpaired) electrons. The van der Waals surface area contributed by atoms with Crippen LogP contribution in [0.1, 0.15) is 60.6 Å². The van der Waals surface area contributed by atoms with E-state index in [1.807, 2.05) is 0 Å². The fourth-order valence-electron chi connectivity index (χ4n) is 4.49. The highest BCUT2D eigenvalue weighted by Crippen LogP contribution is 2.50. The summed E-state index contributed by atoms with van der Waals surface area (Å²) in [5, 5.41) is 0. The molecule has 4 rings (SSSR count). The van der Waals surface area contributed by atoms with Gasteiger partial charge in [0.15, 0.2) is 0 Å². The normalized spacial score (nSPS) is 22.6. The first-order valence-electron chi connectivity index (χ1n) is 9.41. The van der Waals surface area contributed by atoms with E-state index in [4.69, 9.17) is 18.4 Å². The molecule has 2 aliphatic rings. The average molecular weight is 374 g/mol. The number of rotatable bonds is 2. The summed E-state index contributed by atoms with van der Waals surface area (Å²) in [6.45, 7) is 19.4. The van der Waals surface area contributed by atoms with Crippen LogP contribution in [0.25, 0.3) is 16.7 Å². The molecule has 2 heteroatoms. The molecule has 138 valence electrons. The van der Waals surface area contributed by atoms with Crippen molar-refractivity contribution in [2.24, 2.45) is 11.7 Å². The number of thiol groups is 1. The van der Waals surface area contributed by atoms with Gasteiger partial charge in [-0.3, -0.25) is 0 Å². The summed E-state index contributed by atoms with van der Waals surface area (Å²) in [4.78, 5) is -0.877. The Bertz CT molecular complexity index is 1020. The number of hydrogen-bond acceptors (Lipinski definition) is 2. The second-order valence-electron chi connectivity index (χ2n) is 8.64. The monoisotopic (exact) mass is 373 g/mol. The van der Waals surface area contributed by atoms with Crippen LogP contribution >= 0.6 is 12.6 Å². The number of hydrogen-bond donors (Lipinski definition) is 2. The van der Waals surface area contributed by atoms with Gasteiger partial charge in [-0.15, -0.1) is 12.6 Å². The fraction of sp³-hybridized carbons (Fsp3) is 0.280. The molecule has 0 aromatic heterocycles. The van der Waals surface area contributed by atoms with E-state index in [9.17, 15) is 0 Å². The Balaban J connectivity index is 1.82. The van der Waals surface area contributed by atoms with E-state index >= 15 is 0 Å². The van der Waals surface area contributed by atoms with Crippen LogP contribution in [0.5, 0.6) is 0 Å².